The van der Waals surface area contributed by atoms with Crippen LogP contribution in [0.15, 0.2) is 23.8 Å². The Morgan fingerprint density at radius 2 is 1.31 bits per heavy atom. The van der Waals surface area contributed by atoms with Crippen LogP contribution in [0, 0.1) is 5.92 Å². The van der Waals surface area contributed by atoms with Crippen molar-refractivity contribution in [1.29, 1.82) is 0 Å². The summed E-state index contributed by atoms with van der Waals surface area (Å²) in [7, 11) is 0. The van der Waals surface area contributed by atoms with E-state index in [0.29, 0.717) is 0 Å². The minimum Gasteiger partial charge on any atom is -0.103 e. The molecule has 0 atom stereocenters. The van der Waals surface area contributed by atoms with Gasteiger partial charge in [0.2, 0.25) is 0 Å². The molecule has 0 rings (SSSR count). The fraction of sp³-hybridized carbons (Fsp3) is 0.750. The van der Waals surface area contributed by atoms with Gasteiger partial charge in [-0.3, -0.25) is 0 Å². The third kappa shape index (κ3) is 23.4. The van der Waals surface area contributed by atoms with E-state index in [4.69, 9.17) is 0 Å². The van der Waals surface area contributed by atoms with E-state index < -0.39 is 0 Å². The second-order valence-electron chi connectivity index (χ2n) is 3.44. The lowest BCUT2D eigenvalue weighted by Crippen LogP contribution is -1.94. The second kappa shape index (κ2) is 24.0. The molecule has 0 N–H and O–H groups in total. The molecule has 0 fully saturated rings. The molecule has 0 aromatic heterocycles. The zero-order chi connectivity index (χ0) is 14.1. The van der Waals surface area contributed by atoms with Gasteiger partial charge in [-0.25, -0.2) is 0 Å². The molecule has 0 aliphatic carbocycles. The Hall–Kier alpha value is -0.520. The van der Waals surface area contributed by atoms with Gasteiger partial charge in [0.15, 0.2) is 0 Å². The predicted octanol–water partition coefficient (Wildman–Crippen LogP) is 6.63. The summed E-state index contributed by atoms with van der Waals surface area (Å²) in [6.45, 7) is 24.4. The van der Waals surface area contributed by atoms with Crippen LogP contribution in [0.3, 0.4) is 0 Å². The van der Waals surface area contributed by atoms with Crippen molar-refractivity contribution in [2.24, 2.45) is 5.92 Å². The monoisotopic (exact) mass is 228 g/mol. The second-order valence-corrected chi connectivity index (χ2v) is 3.44. The molecular weight excluding hydrogens is 192 g/mol. The summed E-state index contributed by atoms with van der Waals surface area (Å²) in [5.74, 6) is 0.736. The minimum absolute atomic E-state index is 0.736. The maximum absolute atomic E-state index is 3.36. The van der Waals surface area contributed by atoms with Crippen molar-refractivity contribution in [3.05, 3.63) is 23.8 Å². The van der Waals surface area contributed by atoms with Crippen molar-refractivity contribution in [3.63, 3.8) is 0 Å². The van der Waals surface area contributed by atoms with Crippen LogP contribution >= 0.6 is 0 Å². The van der Waals surface area contributed by atoms with E-state index in [1.54, 1.807) is 11.6 Å². The lowest BCUT2D eigenvalue weighted by Gasteiger charge is -2.10. The molecule has 0 heteroatoms. The SMILES string of the molecule is C=CC.CC.CC.CCC(=C(C)C)C(C)C. The van der Waals surface area contributed by atoms with Crippen molar-refractivity contribution in [2.75, 3.05) is 0 Å². The van der Waals surface area contributed by atoms with Gasteiger partial charge >= 0.3 is 0 Å². The Kier molecular flexibility index (Phi) is 36.9. The number of hydrogen-bond donors (Lipinski definition) is 0. The number of allylic oxidation sites excluding steroid dienone is 3. The molecule has 0 saturated carbocycles. The van der Waals surface area contributed by atoms with Crippen molar-refractivity contribution in [1.82, 2.24) is 0 Å². The normalized spacial score (nSPS) is 7.19. The van der Waals surface area contributed by atoms with E-state index in [1.807, 2.05) is 34.6 Å². The molecular formula is C16H36. The molecule has 0 heterocycles. The van der Waals surface area contributed by atoms with E-state index >= 15 is 0 Å². The Morgan fingerprint density at radius 3 is 1.31 bits per heavy atom. The van der Waals surface area contributed by atoms with Crippen LogP contribution in [0.4, 0.5) is 0 Å². The van der Waals surface area contributed by atoms with Crippen molar-refractivity contribution in [2.45, 2.75) is 75.7 Å². The summed E-state index contributed by atoms with van der Waals surface area (Å²) in [5.41, 5.74) is 3.10. The van der Waals surface area contributed by atoms with Gasteiger partial charge in [-0.05, 0) is 33.1 Å². The molecule has 0 nitrogen and oxygen atoms in total. The minimum atomic E-state index is 0.736. The zero-order valence-electron chi connectivity index (χ0n) is 13.6. The lowest BCUT2D eigenvalue weighted by atomic mass is 9.97. The fourth-order valence-electron chi connectivity index (χ4n) is 1.34. The average molecular weight is 228 g/mol. The van der Waals surface area contributed by atoms with Gasteiger partial charge in [0.1, 0.15) is 0 Å². The highest BCUT2D eigenvalue weighted by Crippen LogP contribution is 2.17. The van der Waals surface area contributed by atoms with Gasteiger partial charge in [-0.1, -0.05) is 65.7 Å². The summed E-state index contributed by atoms with van der Waals surface area (Å²) in [6.07, 6.45) is 2.96. The van der Waals surface area contributed by atoms with Crippen LogP contribution in [0.5, 0.6) is 0 Å². The first-order valence-electron chi connectivity index (χ1n) is 6.74. The molecule has 0 aliphatic heterocycles. The quantitative estimate of drug-likeness (QED) is 0.465. The molecule has 0 aliphatic rings. The molecule has 0 spiro atoms. The van der Waals surface area contributed by atoms with Crippen molar-refractivity contribution in [3.8, 4) is 0 Å². The summed E-state index contributed by atoms with van der Waals surface area (Å²) in [4.78, 5) is 0. The lowest BCUT2D eigenvalue weighted by molar-refractivity contribution is 0.719. The van der Waals surface area contributed by atoms with E-state index in [-0.39, 0.29) is 0 Å². The van der Waals surface area contributed by atoms with Crippen LogP contribution in [0.25, 0.3) is 0 Å². The van der Waals surface area contributed by atoms with Gasteiger partial charge in [-0.15, -0.1) is 6.58 Å². The Bertz CT molecular complexity index is 134. The van der Waals surface area contributed by atoms with Gasteiger partial charge in [0, 0.05) is 0 Å². The summed E-state index contributed by atoms with van der Waals surface area (Å²) in [5, 5.41) is 0. The van der Waals surface area contributed by atoms with Crippen LogP contribution in [-0.4, -0.2) is 0 Å². The first-order valence-corrected chi connectivity index (χ1v) is 6.74. The van der Waals surface area contributed by atoms with E-state index in [0.717, 1.165) is 5.92 Å². The fourth-order valence-corrected chi connectivity index (χ4v) is 1.34. The van der Waals surface area contributed by atoms with Crippen LogP contribution < -0.4 is 0 Å². The molecule has 0 aromatic rings. The van der Waals surface area contributed by atoms with Crippen LogP contribution in [0.2, 0.25) is 0 Å². The summed E-state index contributed by atoms with van der Waals surface area (Å²) >= 11 is 0. The Morgan fingerprint density at radius 1 is 1.06 bits per heavy atom. The highest BCUT2D eigenvalue weighted by molar-refractivity contribution is 5.11. The topological polar surface area (TPSA) is 0 Å². The molecule has 0 bridgehead atoms. The predicted molar refractivity (Wildman–Crippen MR) is 82.1 cm³/mol. The number of hydrogen-bond acceptors (Lipinski definition) is 0. The van der Waals surface area contributed by atoms with Gasteiger partial charge in [-0.2, -0.15) is 0 Å². The van der Waals surface area contributed by atoms with Crippen LogP contribution in [0.1, 0.15) is 75.7 Å². The summed E-state index contributed by atoms with van der Waals surface area (Å²) < 4.78 is 0. The maximum atomic E-state index is 3.36. The average Bonchev–Trinajstić information content (AvgIpc) is 2.24. The molecule has 0 radical (unpaired) electrons. The molecule has 0 amide bonds. The summed E-state index contributed by atoms with van der Waals surface area (Å²) in [6, 6.07) is 0. The molecule has 100 valence electrons. The standard InChI is InChI=1S/C9H18.C3H6.2C2H6/c1-6-9(7(2)3)8(4)5;1-3-2;2*1-2/h7H,6H2,1-5H3;3H,1H2,2H3;2*1-2H3. The van der Waals surface area contributed by atoms with E-state index in [1.165, 1.54) is 12.0 Å². The highest BCUT2D eigenvalue weighted by atomic mass is 14.1. The Labute approximate surface area is 106 Å². The highest BCUT2D eigenvalue weighted by Gasteiger charge is 2.00. The molecule has 0 aromatic carbocycles. The first kappa shape index (κ1) is 24.6. The van der Waals surface area contributed by atoms with Gasteiger partial charge < -0.3 is 0 Å². The Balaban J connectivity index is -0.0000000864. The van der Waals surface area contributed by atoms with Gasteiger partial charge in [0.25, 0.3) is 0 Å². The smallest absolute Gasteiger partial charge is 0.0258 e. The zero-order valence-corrected chi connectivity index (χ0v) is 13.6. The third-order valence-electron chi connectivity index (χ3n) is 1.72. The third-order valence-corrected chi connectivity index (χ3v) is 1.72. The van der Waals surface area contributed by atoms with Crippen molar-refractivity contribution >= 4 is 0 Å². The molecule has 0 unspecified atom stereocenters. The maximum Gasteiger partial charge on any atom is -0.0258 e. The van der Waals surface area contributed by atoms with Gasteiger partial charge in [0.05, 0.1) is 0 Å². The van der Waals surface area contributed by atoms with Crippen molar-refractivity contribution < 1.29 is 0 Å². The largest absolute Gasteiger partial charge is 0.103 e. The molecule has 16 heavy (non-hydrogen) atoms. The van der Waals surface area contributed by atoms with E-state index in [9.17, 15) is 0 Å². The van der Waals surface area contributed by atoms with Crippen LogP contribution in [-0.2, 0) is 0 Å². The number of rotatable bonds is 2. The molecule has 0 saturated heterocycles. The van der Waals surface area contributed by atoms with E-state index in [2.05, 4.69) is 41.2 Å². The first-order chi connectivity index (χ1) is 7.51.